The van der Waals surface area contributed by atoms with E-state index in [1.54, 1.807) is 12.1 Å². The Morgan fingerprint density at radius 2 is 1.69 bits per heavy atom. The lowest BCUT2D eigenvalue weighted by Gasteiger charge is -2.27. The van der Waals surface area contributed by atoms with Gasteiger partial charge in [-0.05, 0) is 60.1 Å². The summed E-state index contributed by atoms with van der Waals surface area (Å²) in [5.41, 5.74) is 1.13. The van der Waals surface area contributed by atoms with Crippen LogP contribution in [-0.2, 0) is 0 Å². The summed E-state index contributed by atoms with van der Waals surface area (Å²) >= 11 is 0. The van der Waals surface area contributed by atoms with E-state index in [2.05, 4.69) is 13.5 Å². The predicted octanol–water partition coefficient (Wildman–Crippen LogP) is 7.85. The lowest BCUT2D eigenvalue weighted by molar-refractivity contribution is 0.0727. The molecule has 0 bridgehead atoms. The van der Waals surface area contributed by atoms with Gasteiger partial charge in [0.15, 0.2) is 23.2 Å². The molecule has 182 valence electrons. The van der Waals surface area contributed by atoms with Gasteiger partial charge in [-0.15, -0.1) is 0 Å². The quantitative estimate of drug-likeness (QED) is 0.196. The second kappa shape index (κ2) is 10.8. The van der Waals surface area contributed by atoms with Crippen LogP contribution in [0.4, 0.5) is 13.2 Å². The van der Waals surface area contributed by atoms with Crippen molar-refractivity contribution < 1.29 is 27.4 Å². The van der Waals surface area contributed by atoms with Crippen molar-refractivity contribution in [2.45, 2.75) is 38.5 Å². The van der Waals surface area contributed by atoms with Crippen molar-refractivity contribution in [3.05, 3.63) is 95.8 Å². The number of carbonyl (C=O) groups is 1. The maximum atomic E-state index is 15.0. The first-order valence-electron chi connectivity index (χ1n) is 11.7. The second-order valence-electron chi connectivity index (χ2n) is 8.95. The van der Waals surface area contributed by atoms with E-state index in [1.807, 2.05) is 0 Å². The topological polar surface area (TPSA) is 35.5 Å². The first-order chi connectivity index (χ1) is 16.9. The van der Waals surface area contributed by atoms with Gasteiger partial charge in [-0.1, -0.05) is 56.7 Å². The zero-order valence-electron chi connectivity index (χ0n) is 19.5. The monoisotopic (exact) mass is 480 g/mol. The van der Waals surface area contributed by atoms with Gasteiger partial charge in [0.1, 0.15) is 12.4 Å². The zero-order chi connectivity index (χ0) is 24.9. The number of benzene rings is 3. The van der Waals surface area contributed by atoms with Gasteiger partial charge >= 0.3 is 5.97 Å². The lowest BCUT2D eigenvalue weighted by Crippen LogP contribution is -2.13. The molecule has 0 aromatic heterocycles. The summed E-state index contributed by atoms with van der Waals surface area (Å²) < 4.78 is 54.5. The highest BCUT2D eigenvalue weighted by atomic mass is 19.2. The molecule has 0 spiro atoms. The highest BCUT2D eigenvalue weighted by molar-refractivity contribution is 5.91. The number of hydrogen-bond acceptors (Lipinski definition) is 3. The van der Waals surface area contributed by atoms with Crippen molar-refractivity contribution in [1.29, 1.82) is 0 Å². The molecule has 1 fully saturated rings. The molecular weight excluding hydrogens is 453 g/mol. The zero-order valence-corrected chi connectivity index (χ0v) is 19.5. The number of hydrogen-bond donors (Lipinski definition) is 0. The third-order valence-electron chi connectivity index (χ3n) is 6.47. The van der Waals surface area contributed by atoms with Crippen LogP contribution in [0, 0.1) is 23.4 Å². The van der Waals surface area contributed by atoms with Crippen LogP contribution in [0.25, 0.3) is 11.1 Å². The summed E-state index contributed by atoms with van der Waals surface area (Å²) in [6.07, 6.45) is 5.28. The lowest BCUT2D eigenvalue weighted by atomic mass is 9.79. The van der Waals surface area contributed by atoms with Crippen LogP contribution in [0.3, 0.4) is 0 Å². The summed E-state index contributed by atoms with van der Waals surface area (Å²) in [6.45, 7) is 5.92. The van der Waals surface area contributed by atoms with Gasteiger partial charge < -0.3 is 9.47 Å². The van der Waals surface area contributed by atoms with Crippen LogP contribution >= 0.6 is 0 Å². The molecule has 0 saturated heterocycles. The molecule has 1 aliphatic carbocycles. The number of esters is 1. The molecule has 4 rings (SSSR count). The van der Waals surface area contributed by atoms with Crippen LogP contribution in [0.5, 0.6) is 11.5 Å². The Morgan fingerprint density at radius 1 is 0.971 bits per heavy atom. The van der Waals surface area contributed by atoms with Gasteiger partial charge in [0.05, 0.1) is 5.56 Å². The first kappa shape index (κ1) is 24.6. The normalized spacial score (nSPS) is 17.6. The molecular formula is C29H27F3O3. The molecule has 1 saturated carbocycles. The Labute approximate surface area is 203 Å². The minimum absolute atomic E-state index is 0.0370. The fraction of sp³-hybridized carbons (Fsp3) is 0.276. The van der Waals surface area contributed by atoms with Gasteiger partial charge in [0.25, 0.3) is 0 Å². The van der Waals surface area contributed by atoms with E-state index in [9.17, 15) is 18.0 Å². The largest absolute Gasteiger partial charge is 0.489 e. The summed E-state index contributed by atoms with van der Waals surface area (Å²) in [5.74, 6) is -2.52. The van der Waals surface area contributed by atoms with E-state index in [0.29, 0.717) is 17.0 Å². The maximum Gasteiger partial charge on any atom is 0.343 e. The average Bonchev–Trinajstić information content (AvgIpc) is 2.86. The molecule has 0 N–H and O–H groups in total. The summed E-state index contributed by atoms with van der Waals surface area (Å²) in [6, 6.07) is 13.0. The molecule has 1 aliphatic rings. The molecule has 0 aliphatic heterocycles. The van der Waals surface area contributed by atoms with Crippen LogP contribution in [0.15, 0.2) is 67.3 Å². The van der Waals surface area contributed by atoms with E-state index in [1.165, 1.54) is 42.5 Å². The minimum atomic E-state index is -0.891. The van der Waals surface area contributed by atoms with E-state index in [0.717, 1.165) is 31.7 Å². The van der Waals surface area contributed by atoms with Crippen LogP contribution in [0.1, 0.15) is 54.4 Å². The molecule has 0 unspecified atom stereocenters. The fourth-order valence-electron chi connectivity index (χ4n) is 4.43. The predicted molar refractivity (Wildman–Crippen MR) is 129 cm³/mol. The van der Waals surface area contributed by atoms with Crippen molar-refractivity contribution >= 4 is 5.97 Å². The third-order valence-corrected chi connectivity index (χ3v) is 6.47. The van der Waals surface area contributed by atoms with Gasteiger partial charge in [-0.3, -0.25) is 0 Å². The van der Waals surface area contributed by atoms with Crippen molar-refractivity contribution in [1.82, 2.24) is 0 Å². The highest BCUT2D eigenvalue weighted by Crippen LogP contribution is 2.38. The molecule has 0 amide bonds. The Bertz CT molecular complexity index is 1210. The molecule has 0 heterocycles. The number of rotatable bonds is 7. The molecule has 0 atom stereocenters. The molecule has 0 radical (unpaired) electrons. The van der Waals surface area contributed by atoms with E-state index < -0.39 is 23.4 Å². The Hall–Kier alpha value is -3.54. The average molecular weight is 481 g/mol. The van der Waals surface area contributed by atoms with Crippen LogP contribution in [0.2, 0.25) is 0 Å². The molecule has 3 aromatic rings. The first-order valence-corrected chi connectivity index (χ1v) is 11.7. The molecule has 3 nitrogen and oxygen atoms in total. The van der Waals surface area contributed by atoms with Crippen LogP contribution in [-0.4, -0.2) is 12.6 Å². The summed E-state index contributed by atoms with van der Waals surface area (Å²) in [5, 5.41) is 0. The van der Waals surface area contributed by atoms with E-state index >= 15 is 0 Å². The fourth-order valence-corrected chi connectivity index (χ4v) is 4.43. The standard InChI is InChI=1S/C29H27F3O3/c1-3-16-34-22-12-15-26(25(30)17-22)35-29(33)21-10-8-20(9-11-21)24-14-13-23(27(31)28(24)32)19-6-4-18(2)5-7-19/h3,8-15,17-19H,1,4-7,16H2,2H3. The van der Waals surface area contributed by atoms with Gasteiger partial charge in [0.2, 0.25) is 0 Å². The second-order valence-corrected chi connectivity index (χ2v) is 8.95. The number of carbonyl (C=O) groups excluding carboxylic acids is 1. The van der Waals surface area contributed by atoms with E-state index in [-0.39, 0.29) is 35.2 Å². The van der Waals surface area contributed by atoms with Gasteiger partial charge in [0, 0.05) is 11.6 Å². The number of halogens is 3. The Balaban J connectivity index is 1.47. The van der Waals surface area contributed by atoms with E-state index in [4.69, 9.17) is 9.47 Å². The Kier molecular flexibility index (Phi) is 7.59. The van der Waals surface area contributed by atoms with Gasteiger partial charge in [-0.2, -0.15) is 0 Å². The third kappa shape index (κ3) is 5.59. The Morgan fingerprint density at radius 3 is 2.34 bits per heavy atom. The van der Waals surface area contributed by atoms with Gasteiger partial charge in [-0.25, -0.2) is 18.0 Å². The molecule has 6 heteroatoms. The number of ether oxygens (including phenoxy) is 2. The highest BCUT2D eigenvalue weighted by Gasteiger charge is 2.25. The SMILES string of the molecule is C=CCOc1ccc(OC(=O)c2ccc(-c3ccc(C4CCC(C)CC4)c(F)c3F)cc2)c(F)c1. The van der Waals surface area contributed by atoms with Crippen LogP contribution < -0.4 is 9.47 Å². The summed E-state index contributed by atoms with van der Waals surface area (Å²) in [4.78, 5) is 12.5. The maximum absolute atomic E-state index is 15.0. The summed E-state index contributed by atoms with van der Waals surface area (Å²) in [7, 11) is 0. The molecule has 3 aromatic carbocycles. The van der Waals surface area contributed by atoms with Crippen molar-refractivity contribution in [3.63, 3.8) is 0 Å². The van der Waals surface area contributed by atoms with Crippen molar-refractivity contribution in [2.75, 3.05) is 6.61 Å². The van der Waals surface area contributed by atoms with Crippen molar-refractivity contribution in [3.8, 4) is 22.6 Å². The smallest absolute Gasteiger partial charge is 0.343 e. The van der Waals surface area contributed by atoms with Crippen molar-refractivity contribution in [2.24, 2.45) is 5.92 Å². The molecule has 35 heavy (non-hydrogen) atoms. The minimum Gasteiger partial charge on any atom is -0.489 e.